The monoisotopic (exact) mass is 452 g/mol. The lowest BCUT2D eigenvalue weighted by Crippen LogP contribution is -2.34. The second-order valence-electron chi connectivity index (χ2n) is 6.37. The van der Waals surface area contributed by atoms with E-state index in [2.05, 4.69) is 0 Å². The van der Waals surface area contributed by atoms with Crippen molar-refractivity contribution >= 4 is 47.4 Å². The zero-order valence-corrected chi connectivity index (χ0v) is 18.4. The number of carbonyl (C=O) groups is 4. The molecule has 160 valence electrons. The number of allylic oxidation sites excluding steroid dienone is 2. The predicted molar refractivity (Wildman–Crippen MR) is 110 cm³/mol. The Morgan fingerprint density at radius 3 is 1.40 bits per heavy atom. The predicted octanol–water partition coefficient (Wildman–Crippen LogP) is 2.06. The van der Waals surface area contributed by atoms with E-state index in [1.54, 1.807) is 0 Å². The summed E-state index contributed by atoms with van der Waals surface area (Å²) in [5.74, 6) is -2.50. The molecule has 1 heterocycles. The number of hydrogen-bond acceptors (Lipinski definition) is 10. The summed E-state index contributed by atoms with van der Waals surface area (Å²) in [5, 5.41) is -1.10. The van der Waals surface area contributed by atoms with Gasteiger partial charge in [0.05, 0.1) is 61.2 Å². The van der Waals surface area contributed by atoms with Crippen LogP contribution < -0.4 is 0 Å². The van der Waals surface area contributed by atoms with Crippen molar-refractivity contribution in [2.75, 3.05) is 28.4 Å². The van der Waals surface area contributed by atoms with E-state index in [0.717, 1.165) is 9.81 Å². The molecule has 30 heavy (non-hydrogen) atoms. The van der Waals surface area contributed by atoms with Crippen molar-refractivity contribution in [1.29, 1.82) is 0 Å². The first-order valence-corrected chi connectivity index (χ1v) is 10.7. The molecule has 0 aromatic heterocycles. The summed E-state index contributed by atoms with van der Waals surface area (Å²) in [6, 6.07) is 0. The van der Waals surface area contributed by atoms with Crippen LogP contribution in [0.15, 0.2) is 44.3 Å². The Morgan fingerprint density at radius 1 is 0.700 bits per heavy atom. The van der Waals surface area contributed by atoms with E-state index in [1.807, 2.05) is 12.2 Å². The lowest BCUT2D eigenvalue weighted by molar-refractivity contribution is -0.139. The molecule has 8 nitrogen and oxygen atoms in total. The zero-order chi connectivity index (χ0) is 22.0. The second-order valence-corrected chi connectivity index (χ2v) is 8.73. The molecule has 3 aliphatic rings. The van der Waals surface area contributed by atoms with Crippen molar-refractivity contribution in [3.05, 3.63) is 44.3 Å². The number of ether oxygens (including phenoxy) is 4. The minimum Gasteiger partial charge on any atom is -0.466 e. The Morgan fingerprint density at radius 2 is 1.07 bits per heavy atom. The van der Waals surface area contributed by atoms with Crippen LogP contribution >= 0.6 is 23.5 Å². The fourth-order valence-electron chi connectivity index (χ4n) is 3.49. The maximum atomic E-state index is 12.6. The molecule has 0 N–H and O–H groups in total. The summed E-state index contributed by atoms with van der Waals surface area (Å²) in [4.78, 5) is 51.4. The number of hydrogen-bond donors (Lipinski definition) is 0. The summed E-state index contributed by atoms with van der Waals surface area (Å²) in [6.45, 7) is 0. The molecule has 1 aliphatic heterocycles. The molecule has 0 spiro atoms. The van der Waals surface area contributed by atoms with Crippen LogP contribution in [-0.2, 0) is 38.1 Å². The first kappa shape index (κ1) is 22.2. The highest BCUT2D eigenvalue weighted by Gasteiger charge is 2.45. The quantitative estimate of drug-likeness (QED) is 0.465. The Balaban J connectivity index is 2.09. The summed E-state index contributed by atoms with van der Waals surface area (Å²) in [5.41, 5.74) is 0.804. The highest BCUT2D eigenvalue weighted by molar-refractivity contribution is 8.12. The van der Waals surface area contributed by atoms with Crippen LogP contribution in [-0.4, -0.2) is 62.8 Å². The highest BCUT2D eigenvalue weighted by Crippen LogP contribution is 2.55. The Bertz CT molecular complexity index is 866. The van der Waals surface area contributed by atoms with Crippen molar-refractivity contribution in [3.63, 3.8) is 0 Å². The molecular weight excluding hydrogens is 432 g/mol. The SMILES string of the molecule is COC(=O)C1=C(C(=O)OC)[C@@H]2S[C@@H]3C(=CCC(C(=O)OC)=C3C(=O)OC)SC2=CC1. The molecule has 0 radical (unpaired) electrons. The molecule has 0 bridgehead atoms. The van der Waals surface area contributed by atoms with E-state index >= 15 is 0 Å². The van der Waals surface area contributed by atoms with Crippen molar-refractivity contribution in [2.45, 2.75) is 23.3 Å². The van der Waals surface area contributed by atoms with Gasteiger partial charge in [0.1, 0.15) is 0 Å². The highest BCUT2D eigenvalue weighted by atomic mass is 32.2. The van der Waals surface area contributed by atoms with E-state index in [9.17, 15) is 19.2 Å². The van der Waals surface area contributed by atoms with Crippen LogP contribution in [0.5, 0.6) is 0 Å². The Labute approximate surface area is 181 Å². The van der Waals surface area contributed by atoms with Gasteiger partial charge in [-0.1, -0.05) is 23.9 Å². The maximum Gasteiger partial charge on any atom is 0.335 e. The minimum atomic E-state index is -0.640. The third-order valence-corrected chi connectivity index (χ3v) is 7.99. The summed E-state index contributed by atoms with van der Waals surface area (Å²) in [6.07, 6.45) is 4.22. The third-order valence-electron chi connectivity index (χ3n) is 4.89. The number of rotatable bonds is 4. The van der Waals surface area contributed by atoms with Crippen LogP contribution in [0.25, 0.3) is 0 Å². The van der Waals surface area contributed by atoms with E-state index in [0.29, 0.717) is 0 Å². The average Bonchev–Trinajstić information content (AvgIpc) is 2.79. The summed E-state index contributed by atoms with van der Waals surface area (Å²) < 4.78 is 19.5. The summed E-state index contributed by atoms with van der Waals surface area (Å²) in [7, 11) is 4.97. The first-order valence-electron chi connectivity index (χ1n) is 8.90. The maximum absolute atomic E-state index is 12.6. The van der Waals surface area contributed by atoms with Gasteiger partial charge < -0.3 is 18.9 Å². The van der Waals surface area contributed by atoms with Gasteiger partial charge in [0.2, 0.25) is 0 Å². The Hall–Kier alpha value is -2.46. The molecule has 10 heteroatoms. The average molecular weight is 453 g/mol. The molecule has 2 atom stereocenters. The standard InChI is InChI=1S/C20H20O8S2/c1-25-17(21)9-5-7-11-15(13(9)19(23)27-3)30-16-12(29-11)8-6-10(18(22)26-2)14(16)20(24)28-4/h7-8,15-16H,5-6H2,1-4H3/t15-,16-/m1/s1. The number of thioether (sulfide) groups is 2. The molecule has 1 fully saturated rings. The van der Waals surface area contributed by atoms with Crippen molar-refractivity contribution in [1.82, 2.24) is 0 Å². The fourth-order valence-corrected chi connectivity index (χ4v) is 6.65. The molecule has 0 aromatic rings. The van der Waals surface area contributed by atoms with Crippen LogP contribution in [0.3, 0.4) is 0 Å². The number of fused-ring (bicyclic) bond motifs is 2. The lowest BCUT2D eigenvalue weighted by Gasteiger charge is -2.38. The molecule has 2 aliphatic carbocycles. The molecule has 1 saturated heterocycles. The van der Waals surface area contributed by atoms with Gasteiger partial charge in [0, 0.05) is 9.81 Å². The van der Waals surface area contributed by atoms with Crippen LogP contribution in [0.4, 0.5) is 0 Å². The molecule has 0 aromatic carbocycles. The van der Waals surface area contributed by atoms with Gasteiger partial charge in [-0.05, 0) is 12.8 Å². The topological polar surface area (TPSA) is 105 Å². The van der Waals surface area contributed by atoms with E-state index < -0.39 is 34.4 Å². The third kappa shape index (κ3) is 3.81. The summed E-state index contributed by atoms with van der Waals surface area (Å²) >= 11 is 2.69. The lowest BCUT2D eigenvalue weighted by atomic mass is 9.95. The van der Waals surface area contributed by atoms with Gasteiger partial charge >= 0.3 is 23.9 Å². The largest absolute Gasteiger partial charge is 0.466 e. The van der Waals surface area contributed by atoms with Gasteiger partial charge in [-0.3, -0.25) is 0 Å². The van der Waals surface area contributed by atoms with Gasteiger partial charge in [-0.2, -0.15) is 0 Å². The van der Waals surface area contributed by atoms with Gasteiger partial charge in [0.15, 0.2) is 0 Å². The van der Waals surface area contributed by atoms with Crippen molar-refractivity contribution in [3.8, 4) is 0 Å². The normalized spacial score (nSPS) is 22.8. The van der Waals surface area contributed by atoms with Crippen molar-refractivity contribution < 1.29 is 38.1 Å². The Kier molecular flexibility index (Phi) is 6.77. The first-order chi connectivity index (χ1) is 14.4. The van der Waals surface area contributed by atoms with E-state index in [1.165, 1.54) is 52.0 Å². The minimum absolute atomic E-state index is 0.188. The van der Waals surface area contributed by atoms with Crippen LogP contribution in [0, 0.1) is 0 Å². The van der Waals surface area contributed by atoms with E-state index in [4.69, 9.17) is 18.9 Å². The van der Waals surface area contributed by atoms with Gasteiger partial charge in [-0.25, -0.2) is 19.2 Å². The second kappa shape index (κ2) is 9.13. The molecule has 0 unspecified atom stereocenters. The molecular formula is C20H20O8S2. The molecule has 3 rings (SSSR count). The smallest absolute Gasteiger partial charge is 0.335 e. The molecule has 0 saturated carbocycles. The fraction of sp³-hybridized carbons (Fsp3) is 0.400. The van der Waals surface area contributed by atoms with Crippen molar-refractivity contribution in [2.24, 2.45) is 0 Å². The number of carbonyl (C=O) groups excluding carboxylic acids is 4. The van der Waals surface area contributed by atoms with Gasteiger partial charge in [-0.15, -0.1) is 11.8 Å². The van der Waals surface area contributed by atoms with Crippen LogP contribution in [0.2, 0.25) is 0 Å². The van der Waals surface area contributed by atoms with E-state index in [-0.39, 0.29) is 35.1 Å². The number of methoxy groups -OCH3 is 4. The van der Waals surface area contributed by atoms with Gasteiger partial charge in [0.25, 0.3) is 0 Å². The zero-order valence-electron chi connectivity index (χ0n) is 16.8. The number of esters is 4. The van der Waals surface area contributed by atoms with Crippen LogP contribution in [0.1, 0.15) is 12.8 Å². The molecule has 0 amide bonds.